The van der Waals surface area contributed by atoms with Gasteiger partial charge in [-0.25, -0.2) is 0 Å². The van der Waals surface area contributed by atoms with Gasteiger partial charge in [0.1, 0.15) is 0 Å². The zero-order valence-electron chi connectivity index (χ0n) is 11.7. The molecule has 0 bridgehead atoms. The zero-order chi connectivity index (χ0) is 14.0. The second-order valence-corrected chi connectivity index (χ2v) is 5.42. The maximum Gasteiger partial charge on any atom is 0.255 e. The van der Waals surface area contributed by atoms with Crippen LogP contribution >= 0.6 is 0 Å². The fourth-order valence-corrected chi connectivity index (χ4v) is 2.08. The third-order valence-electron chi connectivity index (χ3n) is 3.32. The molecular formula is C15H21N3O. The average molecular weight is 259 g/mol. The van der Waals surface area contributed by atoms with Crippen molar-refractivity contribution in [2.45, 2.75) is 20.3 Å². The van der Waals surface area contributed by atoms with E-state index in [2.05, 4.69) is 18.8 Å². The molecule has 1 aromatic heterocycles. The zero-order valence-corrected chi connectivity index (χ0v) is 11.7. The van der Waals surface area contributed by atoms with Crippen LogP contribution in [0.4, 0.5) is 5.69 Å². The van der Waals surface area contributed by atoms with Crippen molar-refractivity contribution < 1.29 is 4.79 Å². The summed E-state index contributed by atoms with van der Waals surface area (Å²) in [5, 5.41) is 0.926. The standard InChI is InChI=1S/C15H21N3O/c1-10(2)6-7-18(3)15(19)13-9-17-14-8-11(16)4-5-12(13)14/h4-5,8-10,17H,6-7,16H2,1-3H3. The molecule has 0 aliphatic heterocycles. The predicted molar refractivity (Wildman–Crippen MR) is 79.1 cm³/mol. The van der Waals surface area contributed by atoms with Crippen LogP contribution in [0.1, 0.15) is 30.6 Å². The van der Waals surface area contributed by atoms with Crippen molar-refractivity contribution in [3.63, 3.8) is 0 Å². The van der Waals surface area contributed by atoms with Gasteiger partial charge in [-0.3, -0.25) is 4.79 Å². The number of nitrogen functional groups attached to an aromatic ring is 1. The smallest absolute Gasteiger partial charge is 0.255 e. The first-order valence-corrected chi connectivity index (χ1v) is 6.61. The summed E-state index contributed by atoms with van der Waals surface area (Å²) in [6.45, 7) is 5.09. The highest BCUT2D eigenvalue weighted by Gasteiger charge is 2.16. The number of nitrogens with zero attached hydrogens (tertiary/aromatic N) is 1. The highest BCUT2D eigenvalue weighted by atomic mass is 16.2. The number of aromatic nitrogens is 1. The molecule has 0 spiro atoms. The quantitative estimate of drug-likeness (QED) is 0.829. The first kappa shape index (κ1) is 13.5. The molecule has 2 aromatic rings. The molecule has 0 saturated carbocycles. The fourth-order valence-electron chi connectivity index (χ4n) is 2.08. The highest BCUT2D eigenvalue weighted by Crippen LogP contribution is 2.21. The van der Waals surface area contributed by atoms with Crippen LogP contribution in [0, 0.1) is 5.92 Å². The lowest BCUT2D eigenvalue weighted by molar-refractivity contribution is 0.0791. The van der Waals surface area contributed by atoms with Crippen LogP contribution in [0.2, 0.25) is 0 Å². The molecule has 0 atom stereocenters. The molecule has 3 N–H and O–H groups in total. The van der Waals surface area contributed by atoms with E-state index < -0.39 is 0 Å². The Morgan fingerprint density at radius 2 is 2.16 bits per heavy atom. The molecule has 19 heavy (non-hydrogen) atoms. The van der Waals surface area contributed by atoms with Crippen molar-refractivity contribution in [3.05, 3.63) is 30.0 Å². The van der Waals surface area contributed by atoms with Crippen molar-refractivity contribution in [3.8, 4) is 0 Å². The molecule has 102 valence electrons. The molecule has 0 fully saturated rings. The number of aromatic amines is 1. The summed E-state index contributed by atoms with van der Waals surface area (Å²) in [6, 6.07) is 5.56. The highest BCUT2D eigenvalue weighted by molar-refractivity contribution is 6.07. The largest absolute Gasteiger partial charge is 0.399 e. The third kappa shape index (κ3) is 2.89. The van der Waals surface area contributed by atoms with E-state index in [1.807, 2.05) is 25.2 Å². The van der Waals surface area contributed by atoms with E-state index in [4.69, 9.17) is 5.73 Å². The minimum atomic E-state index is 0.0525. The maximum atomic E-state index is 12.4. The second kappa shape index (κ2) is 5.34. The van der Waals surface area contributed by atoms with Crippen molar-refractivity contribution >= 4 is 22.5 Å². The molecule has 0 aliphatic rings. The molecule has 0 unspecified atom stereocenters. The Bertz CT molecular complexity index is 586. The number of carbonyl (C=O) groups excluding carboxylic acids is 1. The fraction of sp³-hybridized carbons (Fsp3) is 0.400. The van der Waals surface area contributed by atoms with Gasteiger partial charge in [0.2, 0.25) is 0 Å². The second-order valence-electron chi connectivity index (χ2n) is 5.42. The van der Waals surface area contributed by atoms with Crippen LogP contribution in [0.25, 0.3) is 10.9 Å². The number of hydrogen-bond donors (Lipinski definition) is 2. The van der Waals surface area contributed by atoms with E-state index in [1.54, 1.807) is 11.1 Å². The van der Waals surface area contributed by atoms with E-state index in [9.17, 15) is 4.79 Å². The molecule has 4 nitrogen and oxygen atoms in total. The van der Waals surface area contributed by atoms with Gasteiger partial charge in [0.25, 0.3) is 5.91 Å². The van der Waals surface area contributed by atoms with Gasteiger partial charge >= 0.3 is 0 Å². The number of nitrogens with two attached hydrogens (primary N) is 1. The molecule has 2 rings (SSSR count). The Balaban J connectivity index is 2.21. The lowest BCUT2D eigenvalue weighted by atomic mass is 10.1. The molecule has 0 saturated heterocycles. The molecule has 1 amide bonds. The van der Waals surface area contributed by atoms with Gasteiger partial charge in [-0.2, -0.15) is 0 Å². The summed E-state index contributed by atoms with van der Waals surface area (Å²) >= 11 is 0. The van der Waals surface area contributed by atoms with E-state index in [1.165, 1.54) is 0 Å². The van der Waals surface area contributed by atoms with Crippen LogP contribution in [-0.2, 0) is 0 Å². The number of H-pyrrole nitrogens is 1. The summed E-state index contributed by atoms with van der Waals surface area (Å²) in [4.78, 5) is 17.3. The van der Waals surface area contributed by atoms with E-state index in [-0.39, 0.29) is 5.91 Å². The minimum Gasteiger partial charge on any atom is -0.399 e. The molecule has 4 heteroatoms. The number of rotatable bonds is 4. The van der Waals surface area contributed by atoms with E-state index >= 15 is 0 Å². The van der Waals surface area contributed by atoms with Gasteiger partial charge < -0.3 is 15.6 Å². The van der Waals surface area contributed by atoms with Gasteiger partial charge in [0.05, 0.1) is 5.56 Å². The van der Waals surface area contributed by atoms with Crippen LogP contribution in [0.5, 0.6) is 0 Å². The van der Waals surface area contributed by atoms with Gasteiger partial charge in [-0.05, 0) is 30.5 Å². The number of nitrogens with one attached hydrogen (secondary N) is 1. The van der Waals surface area contributed by atoms with Crippen LogP contribution in [0.3, 0.4) is 0 Å². The normalized spacial score (nSPS) is 11.2. The first-order valence-electron chi connectivity index (χ1n) is 6.61. The van der Waals surface area contributed by atoms with Gasteiger partial charge in [0, 0.05) is 36.4 Å². The summed E-state index contributed by atoms with van der Waals surface area (Å²) in [6.07, 6.45) is 2.77. The van der Waals surface area contributed by atoms with E-state index in [0.717, 1.165) is 23.9 Å². The van der Waals surface area contributed by atoms with Crippen LogP contribution < -0.4 is 5.73 Å². The predicted octanol–water partition coefficient (Wildman–Crippen LogP) is 2.87. The lowest BCUT2D eigenvalue weighted by Gasteiger charge is -2.17. The Morgan fingerprint density at radius 3 is 2.84 bits per heavy atom. The first-order chi connectivity index (χ1) is 8.99. The number of carbonyl (C=O) groups is 1. The number of amides is 1. The number of benzene rings is 1. The Kier molecular flexibility index (Phi) is 3.79. The van der Waals surface area contributed by atoms with Crippen LogP contribution in [0.15, 0.2) is 24.4 Å². The van der Waals surface area contributed by atoms with Gasteiger partial charge in [-0.15, -0.1) is 0 Å². The van der Waals surface area contributed by atoms with Crippen LogP contribution in [-0.4, -0.2) is 29.4 Å². The molecule has 0 aliphatic carbocycles. The lowest BCUT2D eigenvalue weighted by Crippen LogP contribution is -2.28. The Morgan fingerprint density at radius 1 is 1.42 bits per heavy atom. The third-order valence-corrected chi connectivity index (χ3v) is 3.32. The SMILES string of the molecule is CC(C)CCN(C)C(=O)c1c[nH]c2cc(N)ccc12. The summed E-state index contributed by atoms with van der Waals surface area (Å²) < 4.78 is 0. The summed E-state index contributed by atoms with van der Waals surface area (Å²) in [5.41, 5.74) is 8.04. The monoisotopic (exact) mass is 259 g/mol. The van der Waals surface area contributed by atoms with Crippen molar-refractivity contribution in [1.29, 1.82) is 0 Å². The topological polar surface area (TPSA) is 62.1 Å². The minimum absolute atomic E-state index is 0.0525. The molecule has 0 radical (unpaired) electrons. The van der Waals surface area contributed by atoms with Crippen molar-refractivity contribution in [1.82, 2.24) is 9.88 Å². The van der Waals surface area contributed by atoms with Crippen molar-refractivity contribution in [2.24, 2.45) is 5.92 Å². The van der Waals surface area contributed by atoms with Gasteiger partial charge in [0.15, 0.2) is 0 Å². The Labute approximate surface area is 113 Å². The van der Waals surface area contributed by atoms with Gasteiger partial charge in [-0.1, -0.05) is 13.8 Å². The summed E-state index contributed by atoms with van der Waals surface area (Å²) in [5.74, 6) is 0.648. The summed E-state index contributed by atoms with van der Waals surface area (Å²) in [7, 11) is 1.85. The molecular weight excluding hydrogens is 238 g/mol. The average Bonchev–Trinajstić information content (AvgIpc) is 2.77. The van der Waals surface area contributed by atoms with E-state index in [0.29, 0.717) is 17.2 Å². The number of fused-ring (bicyclic) bond motifs is 1. The Hall–Kier alpha value is -1.97. The van der Waals surface area contributed by atoms with Crippen molar-refractivity contribution in [2.75, 3.05) is 19.3 Å². The maximum absolute atomic E-state index is 12.4. The number of anilines is 1. The number of hydrogen-bond acceptors (Lipinski definition) is 2. The molecule has 1 aromatic carbocycles. The molecule has 1 heterocycles.